The Morgan fingerprint density at radius 2 is 1.74 bits per heavy atom. The predicted molar refractivity (Wildman–Crippen MR) is 83.1 cm³/mol. The SMILES string of the molecule is Fc1ccc(CC(CBr)c2ccc(Cl)cc2)cc1Cl. The van der Waals surface area contributed by atoms with Gasteiger partial charge in [-0.15, -0.1) is 0 Å². The fraction of sp³-hybridized carbons (Fsp3) is 0.200. The second-order valence-electron chi connectivity index (χ2n) is 4.36. The standard InChI is InChI=1S/C15H12BrCl2F/c16-9-12(11-2-4-13(17)5-3-11)7-10-1-6-15(19)14(18)8-10/h1-6,8,12H,7,9H2. The molecular weight excluding hydrogens is 350 g/mol. The predicted octanol–water partition coefficient (Wildman–Crippen LogP) is 5.85. The molecule has 0 amide bonds. The highest BCUT2D eigenvalue weighted by atomic mass is 79.9. The molecule has 0 nitrogen and oxygen atoms in total. The minimum absolute atomic E-state index is 0.168. The average Bonchev–Trinajstić information content (AvgIpc) is 2.41. The van der Waals surface area contributed by atoms with Crippen LogP contribution in [0.2, 0.25) is 10.0 Å². The van der Waals surface area contributed by atoms with E-state index in [1.54, 1.807) is 12.1 Å². The monoisotopic (exact) mass is 360 g/mol. The topological polar surface area (TPSA) is 0 Å². The molecule has 0 aliphatic carbocycles. The van der Waals surface area contributed by atoms with E-state index in [-0.39, 0.29) is 10.8 Å². The number of alkyl halides is 1. The summed E-state index contributed by atoms with van der Waals surface area (Å²) in [6.07, 6.45) is 0.798. The number of rotatable bonds is 4. The fourth-order valence-corrected chi connectivity index (χ4v) is 2.88. The third-order valence-electron chi connectivity index (χ3n) is 2.99. The summed E-state index contributed by atoms with van der Waals surface area (Å²) >= 11 is 15.2. The summed E-state index contributed by atoms with van der Waals surface area (Å²) in [5.41, 5.74) is 2.22. The molecule has 0 radical (unpaired) electrons. The van der Waals surface area contributed by atoms with Gasteiger partial charge in [0.25, 0.3) is 0 Å². The van der Waals surface area contributed by atoms with Gasteiger partial charge in [0.05, 0.1) is 5.02 Å². The molecule has 2 rings (SSSR count). The molecule has 0 aromatic heterocycles. The highest BCUT2D eigenvalue weighted by Gasteiger charge is 2.12. The van der Waals surface area contributed by atoms with Gasteiger partial charge in [0.1, 0.15) is 5.82 Å². The van der Waals surface area contributed by atoms with Crippen molar-refractivity contribution in [2.75, 3.05) is 5.33 Å². The van der Waals surface area contributed by atoms with E-state index in [1.807, 2.05) is 24.3 Å². The normalized spacial score (nSPS) is 12.4. The largest absolute Gasteiger partial charge is 0.205 e. The molecule has 1 unspecified atom stereocenters. The molecule has 4 heteroatoms. The second kappa shape index (κ2) is 6.74. The Balaban J connectivity index is 2.18. The number of benzene rings is 2. The van der Waals surface area contributed by atoms with Crippen LogP contribution in [0.5, 0.6) is 0 Å². The van der Waals surface area contributed by atoms with Gasteiger partial charge in [0.15, 0.2) is 0 Å². The lowest BCUT2D eigenvalue weighted by Crippen LogP contribution is -2.04. The summed E-state index contributed by atoms with van der Waals surface area (Å²) in [7, 11) is 0. The maximum Gasteiger partial charge on any atom is 0.141 e. The maximum atomic E-state index is 13.1. The summed E-state index contributed by atoms with van der Waals surface area (Å²) in [6.45, 7) is 0. The Morgan fingerprint density at radius 1 is 1.05 bits per heavy atom. The average molecular weight is 362 g/mol. The van der Waals surface area contributed by atoms with Gasteiger partial charge >= 0.3 is 0 Å². The van der Waals surface area contributed by atoms with Crippen molar-refractivity contribution in [3.05, 3.63) is 69.5 Å². The fourth-order valence-electron chi connectivity index (χ4n) is 1.95. The Kier molecular flexibility index (Phi) is 5.26. The molecule has 2 aromatic carbocycles. The van der Waals surface area contributed by atoms with E-state index in [9.17, 15) is 4.39 Å². The molecule has 0 spiro atoms. The zero-order valence-electron chi connectivity index (χ0n) is 10.0. The molecule has 0 saturated heterocycles. The minimum Gasteiger partial charge on any atom is -0.205 e. The summed E-state index contributed by atoms with van der Waals surface area (Å²) in [5, 5.41) is 1.72. The van der Waals surface area contributed by atoms with Crippen LogP contribution in [0.25, 0.3) is 0 Å². The molecule has 100 valence electrons. The van der Waals surface area contributed by atoms with Crippen LogP contribution in [0.1, 0.15) is 17.0 Å². The van der Waals surface area contributed by atoms with Crippen molar-refractivity contribution in [1.82, 2.24) is 0 Å². The summed E-state index contributed by atoms with van der Waals surface area (Å²) in [5.74, 6) is -0.0777. The molecular formula is C15H12BrCl2F. The van der Waals surface area contributed by atoms with Crippen molar-refractivity contribution < 1.29 is 4.39 Å². The van der Waals surface area contributed by atoms with Crippen LogP contribution in [0, 0.1) is 5.82 Å². The van der Waals surface area contributed by atoms with Gasteiger partial charge in [-0.05, 0) is 47.7 Å². The Morgan fingerprint density at radius 3 is 2.32 bits per heavy atom. The van der Waals surface area contributed by atoms with Gasteiger partial charge in [0.2, 0.25) is 0 Å². The van der Waals surface area contributed by atoms with Crippen LogP contribution < -0.4 is 0 Å². The van der Waals surface area contributed by atoms with Gasteiger partial charge in [-0.2, -0.15) is 0 Å². The summed E-state index contributed by atoms with van der Waals surface area (Å²) < 4.78 is 13.1. The number of hydrogen-bond acceptors (Lipinski definition) is 0. The van der Waals surface area contributed by atoms with Crippen molar-refractivity contribution in [1.29, 1.82) is 0 Å². The lowest BCUT2D eigenvalue weighted by molar-refractivity contribution is 0.626. The molecule has 19 heavy (non-hydrogen) atoms. The summed E-state index contributed by atoms with van der Waals surface area (Å²) in [4.78, 5) is 0. The highest BCUT2D eigenvalue weighted by Crippen LogP contribution is 2.26. The number of halogens is 4. The highest BCUT2D eigenvalue weighted by molar-refractivity contribution is 9.09. The lowest BCUT2D eigenvalue weighted by atomic mass is 9.94. The first-order valence-corrected chi connectivity index (χ1v) is 7.73. The number of hydrogen-bond donors (Lipinski definition) is 0. The quantitative estimate of drug-likeness (QED) is 0.599. The minimum atomic E-state index is -0.382. The van der Waals surface area contributed by atoms with Crippen LogP contribution >= 0.6 is 39.1 Å². The molecule has 0 saturated carbocycles. The van der Waals surface area contributed by atoms with Gasteiger partial charge in [0, 0.05) is 10.4 Å². The maximum absolute atomic E-state index is 13.1. The molecule has 1 atom stereocenters. The summed E-state index contributed by atoms with van der Waals surface area (Å²) in [6, 6.07) is 12.6. The molecule has 0 aliphatic rings. The zero-order valence-corrected chi connectivity index (χ0v) is 13.1. The Hall–Kier alpha value is -0.570. The van der Waals surface area contributed by atoms with E-state index < -0.39 is 0 Å². The van der Waals surface area contributed by atoms with Crippen molar-refractivity contribution in [2.45, 2.75) is 12.3 Å². The van der Waals surface area contributed by atoms with Gasteiger partial charge in [-0.25, -0.2) is 4.39 Å². The first-order valence-electron chi connectivity index (χ1n) is 5.85. The first kappa shape index (κ1) is 14.8. The zero-order chi connectivity index (χ0) is 13.8. The molecule has 0 aliphatic heterocycles. The van der Waals surface area contributed by atoms with Crippen molar-refractivity contribution in [3.63, 3.8) is 0 Å². The Bertz CT molecular complexity index is 555. The van der Waals surface area contributed by atoms with Gasteiger partial charge in [-0.1, -0.05) is 57.3 Å². The first-order chi connectivity index (χ1) is 9.10. The van der Waals surface area contributed by atoms with Crippen LogP contribution in [0.4, 0.5) is 4.39 Å². The van der Waals surface area contributed by atoms with Crippen LogP contribution in [0.3, 0.4) is 0 Å². The van der Waals surface area contributed by atoms with E-state index in [1.165, 1.54) is 11.6 Å². The van der Waals surface area contributed by atoms with Crippen molar-refractivity contribution >= 4 is 39.1 Å². The molecule has 0 N–H and O–H groups in total. The second-order valence-corrected chi connectivity index (χ2v) is 5.85. The van der Waals surface area contributed by atoms with Crippen LogP contribution in [-0.2, 0) is 6.42 Å². The van der Waals surface area contributed by atoms with Crippen LogP contribution in [0.15, 0.2) is 42.5 Å². The van der Waals surface area contributed by atoms with E-state index >= 15 is 0 Å². The third kappa shape index (κ3) is 3.95. The lowest BCUT2D eigenvalue weighted by Gasteiger charge is -2.15. The van der Waals surface area contributed by atoms with E-state index in [4.69, 9.17) is 23.2 Å². The molecule has 2 aromatic rings. The molecule has 0 bridgehead atoms. The molecule has 0 heterocycles. The van der Waals surface area contributed by atoms with Crippen molar-refractivity contribution in [2.24, 2.45) is 0 Å². The molecule has 0 fully saturated rings. The van der Waals surface area contributed by atoms with Gasteiger partial charge in [-0.3, -0.25) is 0 Å². The van der Waals surface area contributed by atoms with E-state index in [2.05, 4.69) is 15.9 Å². The van der Waals surface area contributed by atoms with Crippen molar-refractivity contribution in [3.8, 4) is 0 Å². The Labute approximate surface area is 130 Å². The smallest absolute Gasteiger partial charge is 0.141 e. The van der Waals surface area contributed by atoms with E-state index in [0.29, 0.717) is 5.92 Å². The van der Waals surface area contributed by atoms with Crippen LogP contribution in [-0.4, -0.2) is 5.33 Å². The van der Waals surface area contributed by atoms with Gasteiger partial charge < -0.3 is 0 Å². The van der Waals surface area contributed by atoms with E-state index in [0.717, 1.165) is 22.3 Å². The third-order valence-corrected chi connectivity index (χ3v) is 4.32.